The smallest absolute Gasteiger partial charge is 0.349 e. The molecule has 0 aliphatic heterocycles. The van der Waals surface area contributed by atoms with Crippen molar-refractivity contribution in [1.82, 2.24) is 5.32 Å². The molecule has 0 bridgehead atoms. The fourth-order valence-electron chi connectivity index (χ4n) is 2.68. The Kier molecular flexibility index (Phi) is 4.86. The third kappa shape index (κ3) is 4.17. The Morgan fingerprint density at radius 3 is 2.57 bits per heavy atom. The minimum absolute atomic E-state index is 0.0156. The largest absolute Gasteiger partial charge is 0.391 e. The van der Waals surface area contributed by atoms with Crippen molar-refractivity contribution >= 4 is 11.6 Å². The highest BCUT2D eigenvalue weighted by molar-refractivity contribution is 5.94. The first kappa shape index (κ1) is 17.2. The Morgan fingerprint density at radius 2 is 2.00 bits per heavy atom. The van der Waals surface area contributed by atoms with Crippen LogP contribution in [-0.2, 0) is 0 Å². The zero-order valence-corrected chi connectivity index (χ0v) is 11.9. The number of nitro groups is 1. The SMILES string of the molecule is O=C(NC1CCCC(C(F)(F)F)C1)c1ccc([N+](=O)[O-])cc1F. The number of rotatable bonds is 3. The van der Waals surface area contributed by atoms with Gasteiger partial charge in [-0.05, 0) is 25.3 Å². The average molecular weight is 334 g/mol. The number of halogens is 4. The van der Waals surface area contributed by atoms with Crippen molar-refractivity contribution in [3.63, 3.8) is 0 Å². The van der Waals surface area contributed by atoms with E-state index in [2.05, 4.69) is 5.32 Å². The van der Waals surface area contributed by atoms with Crippen LogP contribution >= 0.6 is 0 Å². The molecular weight excluding hydrogens is 320 g/mol. The molecule has 0 radical (unpaired) electrons. The Bertz CT molecular complexity index is 619. The summed E-state index contributed by atoms with van der Waals surface area (Å²) in [5.74, 6) is -3.44. The van der Waals surface area contributed by atoms with Gasteiger partial charge < -0.3 is 5.32 Å². The number of nitrogens with zero attached hydrogens (tertiary/aromatic N) is 1. The van der Waals surface area contributed by atoms with Gasteiger partial charge in [-0.2, -0.15) is 13.2 Å². The third-order valence-electron chi connectivity index (χ3n) is 3.88. The van der Waals surface area contributed by atoms with Gasteiger partial charge in [-0.1, -0.05) is 6.42 Å². The summed E-state index contributed by atoms with van der Waals surface area (Å²) in [6, 6.07) is 1.83. The summed E-state index contributed by atoms with van der Waals surface area (Å²) in [4.78, 5) is 21.7. The van der Waals surface area contributed by atoms with Crippen LogP contribution in [0.2, 0.25) is 0 Å². The summed E-state index contributed by atoms with van der Waals surface area (Å²) in [5.41, 5.74) is -0.932. The van der Waals surface area contributed by atoms with Crippen LogP contribution in [0.4, 0.5) is 23.2 Å². The summed E-state index contributed by atoms with van der Waals surface area (Å²) < 4.78 is 51.9. The molecule has 1 amide bonds. The van der Waals surface area contributed by atoms with E-state index in [4.69, 9.17) is 0 Å². The fraction of sp³-hybridized carbons (Fsp3) is 0.500. The highest BCUT2D eigenvalue weighted by atomic mass is 19.4. The lowest BCUT2D eigenvalue weighted by molar-refractivity contribution is -0.385. The van der Waals surface area contributed by atoms with Crippen LogP contribution in [-0.4, -0.2) is 23.0 Å². The lowest BCUT2D eigenvalue weighted by Crippen LogP contribution is -2.41. The summed E-state index contributed by atoms with van der Waals surface area (Å²) in [6.07, 6.45) is -3.85. The predicted octanol–water partition coefficient (Wildman–Crippen LogP) is 3.58. The van der Waals surface area contributed by atoms with Gasteiger partial charge in [-0.15, -0.1) is 0 Å². The first-order chi connectivity index (χ1) is 10.7. The van der Waals surface area contributed by atoms with Crippen molar-refractivity contribution in [3.05, 3.63) is 39.7 Å². The standard InChI is InChI=1S/C14H14F4N2O3/c15-12-7-10(20(22)23)4-5-11(12)13(21)19-9-3-1-2-8(6-9)14(16,17)18/h4-5,7-9H,1-3,6H2,(H,19,21). The molecule has 2 rings (SSSR count). The summed E-state index contributed by atoms with van der Waals surface area (Å²) >= 11 is 0. The third-order valence-corrected chi connectivity index (χ3v) is 3.88. The first-order valence-electron chi connectivity index (χ1n) is 7.00. The number of amides is 1. The maximum atomic E-state index is 13.7. The van der Waals surface area contributed by atoms with Crippen LogP contribution < -0.4 is 5.32 Å². The second-order valence-corrected chi connectivity index (χ2v) is 5.50. The van der Waals surface area contributed by atoms with E-state index in [0.29, 0.717) is 18.9 Å². The molecule has 1 saturated carbocycles. The average Bonchev–Trinajstić information content (AvgIpc) is 2.46. The number of nitro benzene ring substituents is 1. The summed E-state index contributed by atoms with van der Waals surface area (Å²) in [6.45, 7) is 0. The molecule has 1 aromatic carbocycles. The number of alkyl halides is 3. The Balaban J connectivity index is 2.06. The van der Waals surface area contributed by atoms with Gasteiger partial charge in [0.05, 0.1) is 22.5 Å². The second kappa shape index (κ2) is 6.51. The molecule has 1 fully saturated rings. The van der Waals surface area contributed by atoms with E-state index in [0.717, 1.165) is 12.1 Å². The zero-order chi connectivity index (χ0) is 17.2. The molecule has 5 nitrogen and oxygen atoms in total. The minimum Gasteiger partial charge on any atom is -0.349 e. The van der Waals surface area contributed by atoms with Crippen LogP contribution in [0.1, 0.15) is 36.0 Å². The fourth-order valence-corrected chi connectivity index (χ4v) is 2.68. The number of hydrogen-bond acceptors (Lipinski definition) is 3. The molecule has 0 heterocycles. The molecule has 0 spiro atoms. The topological polar surface area (TPSA) is 72.2 Å². The molecule has 1 N–H and O–H groups in total. The van der Waals surface area contributed by atoms with E-state index in [1.165, 1.54) is 0 Å². The van der Waals surface area contributed by atoms with Crippen molar-refractivity contribution in [3.8, 4) is 0 Å². The second-order valence-electron chi connectivity index (χ2n) is 5.50. The van der Waals surface area contributed by atoms with Crippen LogP contribution in [0.25, 0.3) is 0 Å². The number of benzene rings is 1. The molecular formula is C14H14F4N2O3. The lowest BCUT2D eigenvalue weighted by Gasteiger charge is -2.31. The lowest BCUT2D eigenvalue weighted by atomic mass is 9.85. The van der Waals surface area contributed by atoms with Gasteiger partial charge in [0.1, 0.15) is 5.82 Å². The maximum Gasteiger partial charge on any atom is 0.391 e. The minimum atomic E-state index is -4.32. The number of carbonyl (C=O) groups is 1. The molecule has 126 valence electrons. The highest BCUT2D eigenvalue weighted by Gasteiger charge is 2.42. The molecule has 2 atom stereocenters. The van der Waals surface area contributed by atoms with E-state index in [1.807, 2.05) is 0 Å². The van der Waals surface area contributed by atoms with E-state index in [9.17, 15) is 32.5 Å². The van der Waals surface area contributed by atoms with Crippen molar-refractivity contribution in [2.75, 3.05) is 0 Å². The molecule has 1 aliphatic carbocycles. The molecule has 0 saturated heterocycles. The van der Waals surface area contributed by atoms with Crippen molar-refractivity contribution < 1.29 is 27.3 Å². The Labute approximate surface area is 128 Å². The van der Waals surface area contributed by atoms with E-state index in [-0.39, 0.29) is 12.8 Å². The van der Waals surface area contributed by atoms with Crippen molar-refractivity contribution in [1.29, 1.82) is 0 Å². The first-order valence-corrected chi connectivity index (χ1v) is 7.00. The van der Waals surface area contributed by atoms with Crippen LogP contribution in [0.15, 0.2) is 18.2 Å². The normalized spacial score (nSPS) is 21.7. The van der Waals surface area contributed by atoms with Gasteiger partial charge in [0.15, 0.2) is 0 Å². The molecule has 2 unspecified atom stereocenters. The monoisotopic (exact) mass is 334 g/mol. The summed E-state index contributed by atoms with van der Waals surface area (Å²) in [5, 5.41) is 12.9. The quantitative estimate of drug-likeness (QED) is 0.522. The zero-order valence-electron chi connectivity index (χ0n) is 11.9. The number of nitrogens with one attached hydrogen (secondary N) is 1. The van der Waals surface area contributed by atoms with E-state index < -0.39 is 46.0 Å². The van der Waals surface area contributed by atoms with Crippen molar-refractivity contribution in [2.45, 2.75) is 37.9 Å². The summed E-state index contributed by atoms with van der Waals surface area (Å²) in [7, 11) is 0. The van der Waals surface area contributed by atoms with Gasteiger partial charge >= 0.3 is 6.18 Å². The number of hydrogen-bond donors (Lipinski definition) is 1. The maximum absolute atomic E-state index is 13.7. The predicted molar refractivity (Wildman–Crippen MR) is 72.3 cm³/mol. The molecule has 0 aromatic heterocycles. The van der Waals surface area contributed by atoms with Gasteiger partial charge in [0, 0.05) is 12.1 Å². The van der Waals surface area contributed by atoms with E-state index >= 15 is 0 Å². The molecule has 1 aliphatic rings. The molecule has 23 heavy (non-hydrogen) atoms. The van der Waals surface area contributed by atoms with Gasteiger partial charge in [0.25, 0.3) is 11.6 Å². The number of non-ortho nitro benzene ring substituents is 1. The van der Waals surface area contributed by atoms with Crippen molar-refractivity contribution in [2.24, 2.45) is 5.92 Å². The Hall–Kier alpha value is -2.19. The van der Waals surface area contributed by atoms with Crippen LogP contribution in [0.3, 0.4) is 0 Å². The highest BCUT2D eigenvalue weighted by Crippen LogP contribution is 2.37. The van der Waals surface area contributed by atoms with Crippen LogP contribution in [0.5, 0.6) is 0 Å². The molecule has 9 heteroatoms. The van der Waals surface area contributed by atoms with E-state index in [1.54, 1.807) is 0 Å². The van der Waals surface area contributed by atoms with Gasteiger partial charge in [-0.3, -0.25) is 14.9 Å². The number of carbonyl (C=O) groups excluding carboxylic acids is 1. The van der Waals surface area contributed by atoms with Gasteiger partial charge in [0.2, 0.25) is 0 Å². The van der Waals surface area contributed by atoms with Crippen LogP contribution in [0, 0.1) is 21.8 Å². The molecule has 1 aromatic rings. The Morgan fingerprint density at radius 1 is 1.30 bits per heavy atom. The van der Waals surface area contributed by atoms with Gasteiger partial charge in [-0.25, -0.2) is 4.39 Å².